The Labute approximate surface area is 165 Å². The lowest BCUT2D eigenvalue weighted by Crippen LogP contribution is -2.32. The highest BCUT2D eigenvalue weighted by atomic mass is 16.4. The molecular weight excluding hydrogens is 356 g/mol. The predicted octanol–water partition coefficient (Wildman–Crippen LogP) is 3.37. The van der Waals surface area contributed by atoms with E-state index in [1.165, 1.54) is 0 Å². The molecule has 148 valence electrons. The van der Waals surface area contributed by atoms with Crippen LogP contribution in [0.25, 0.3) is 0 Å². The Balaban J connectivity index is 1.87. The number of hydrogen-bond donors (Lipinski definition) is 3. The lowest BCUT2D eigenvalue weighted by Gasteiger charge is -2.19. The maximum absolute atomic E-state index is 12.2. The summed E-state index contributed by atoms with van der Waals surface area (Å²) in [4.78, 5) is 35.0. The molecule has 0 unspecified atom stereocenters. The summed E-state index contributed by atoms with van der Waals surface area (Å²) in [5, 5.41) is 14.1. The number of aliphatic carboxylic acids is 1. The van der Waals surface area contributed by atoms with Gasteiger partial charge in [-0.25, -0.2) is 0 Å². The van der Waals surface area contributed by atoms with Gasteiger partial charge in [0.1, 0.15) is 0 Å². The molecule has 2 aromatic carbocycles. The van der Waals surface area contributed by atoms with Crippen molar-refractivity contribution < 1.29 is 19.5 Å². The van der Waals surface area contributed by atoms with Crippen molar-refractivity contribution in [3.05, 3.63) is 65.2 Å². The summed E-state index contributed by atoms with van der Waals surface area (Å²) in [5.41, 5.74) is 3.02. The van der Waals surface area contributed by atoms with Crippen LogP contribution in [0.1, 0.15) is 48.7 Å². The second-order valence-electron chi connectivity index (χ2n) is 7.65. The van der Waals surface area contributed by atoms with Crippen molar-refractivity contribution in [2.75, 3.05) is 11.9 Å². The SMILES string of the molecule is CC(C)(C)c1ccc(C(=O)NCC(=O)Nc2cccc(CCC(=O)O)c2)cc1. The summed E-state index contributed by atoms with van der Waals surface area (Å²) in [6.07, 6.45) is 0.418. The molecule has 2 rings (SSSR count). The molecule has 0 saturated carbocycles. The minimum Gasteiger partial charge on any atom is -0.481 e. The summed E-state index contributed by atoms with van der Waals surface area (Å²) >= 11 is 0. The van der Waals surface area contributed by atoms with Crippen molar-refractivity contribution in [2.24, 2.45) is 0 Å². The first kappa shape index (κ1) is 21.2. The van der Waals surface area contributed by atoms with Crippen molar-refractivity contribution in [2.45, 2.75) is 39.0 Å². The van der Waals surface area contributed by atoms with E-state index in [4.69, 9.17) is 5.11 Å². The van der Waals surface area contributed by atoms with Gasteiger partial charge < -0.3 is 15.7 Å². The van der Waals surface area contributed by atoms with Crippen molar-refractivity contribution in [1.82, 2.24) is 5.32 Å². The maximum atomic E-state index is 12.2. The molecule has 0 heterocycles. The van der Waals surface area contributed by atoms with Crippen molar-refractivity contribution >= 4 is 23.5 Å². The number of hydrogen-bond acceptors (Lipinski definition) is 3. The number of benzene rings is 2. The fourth-order valence-electron chi connectivity index (χ4n) is 2.65. The van der Waals surface area contributed by atoms with Gasteiger partial charge in [-0.1, -0.05) is 45.0 Å². The van der Waals surface area contributed by atoms with Crippen molar-refractivity contribution in [1.29, 1.82) is 0 Å². The zero-order valence-corrected chi connectivity index (χ0v) is 16.4. The monoisotopic (exact) mass is 382 g/mol. The van der Waals surface area contributed by atoms with Gasteiger partial charge in [-0.2, -0.15) is 0 Å². The number of nitrogens with one attached hydrogen (secondary N) is 2. The number of amides is 2. The van der Waals surface area contributed by atoms with Gasteiger partial charge in [-0.15, -0.1) is 0 Å². The van der Waals surface area contributed by atoms with E-state index < -0.39 is 5.97 Å². The van der Waals surface area contributed by atoms with E-state index in [-0.39, 0.29) is 30.2 Å². The van der Waals surface area contributed by atoms with Crippen LogP contribution in [0.5, 0.6) is 0 Å². The standard InChI is InChI=1S/C22H26N2O4/c1-22(2,3)17-10-8-16(9-11-17)21(28)23-14-19(25)24-18-6-4-5-15(13-18)7-12-20(26)27/h4-6,8-11,13H,7,12,14H2,1-3H3,(H,23,28)(H,24,25)(H,26,27). The molecule has 0 atom stereocenters. The van der Waals surface area contributed by atoms with Crippen LogP contribution in [-0.2, 0) is 21.4 Å². The summed E-state index contributed by atoms with van der Waals surface area (Å²) < 4.78 is 0. The average Bonchev–Trinajstić information content (AvgIpc) is 2.64. The molecule has 2 aromatic rings. The molecule has 0 spiro atoms. The number of carboxylic acid groups (broad SMARTS) is 1. The molecule has 0 fully saturated rings. The molecule has 2 amide bonds. The molecule has 28 heavy (non-hydrogen) atoms. The van der Waals surface area contributed by atoms with E-state index >= 15 is 0 Å². The third-order valence-electron chi connectivity index (χ3n) is 4.26. The first-order valence-corrected chi connectivity index (χ1v) is 9.14. The Kier molecular flexibility index (Phi) is 6.93. The number of carbonyl (C=O) groups is 3. The van der Waals surface area contributed by atoms with Crippen LogP contribution < -0.4 is 10.6 Å². The number of anilines is 1. The van der Waals surface area contributed by atoms with E-state index in [0.717, 1.165) is 11.1 Å². The quantitative estimate of drug-likeness (QED) is 0.684. The Bertz CT molecular complexity index is 852. The minimum atomic E-state index is -0.868. The second kappa shape index (κ2) is 9.17. The third-order valence-corrected chi connectivity index (χ3v) is 4.26. The van der Waals surface area contributed by atoms with Gasteiger partial charge in [0.2, 0.25) is 5.91 Å². The lowest BCUT2D eigenvalue weighted by atomic mass is 9.87. The lowest BCUT2D eigenvalue weighted by molar-refractivity contribution is -0.137. The highest BCUT2D eigenvalue weighted by Gasteiger charge is 2.14. The molecule has 0 saturated heterocycles. The predicted molar refractivity (Wildman–Crippen MR) is 109 cm³/mol. The van der Waals surface area contributed by atoms with Gasteiger partial charge in [0.05, 0.1) is 6.54 Å². The summed E-state index contributed by atoms with van der Waals surface area (Å²) in [5.74, 6) is -1.53. The van der Waals surface area contributed by atoms with Crippen LogP contribution >= 0.6 is 0 Å². The summed E-state index contributed by atoms with van der Waals surface area (Å²) in [6.45, 7) is 6.15. The van der Waals surface area contributed by atoms with Gasteiger partial charge in [0.15, 0.2) is 0 Å². The van der Waals surface area contributed by atoms with Gasteiger partial charge >= 0.3 is 5.97 Å². The zero-order valence-electron chi connectivity index (χ0n) is 16.4. The molecule has 0 radical (unpaired) electrons. The Morgan fingerprint density at radius 1 is 1.00 bits per heavy atom. The van der Waals surface area contributed by atoms with Gasteiger partial charge in [0.25, 0.3) is 5.91 Å². The molecular formula is C22H26N2O4. The summed E-state index contributed by atoms with van der Waals surface area (Å²) in [7, 11) is 0. The molecule has 0 aromatic heterocycles. The van der Waals surface area contributed by atoms with Gasteiger partial charge in [-0.3, -0.25) is 14.4 Å². The molecule has 6 heteroatoms. The molecule has 0 aliphatic carbocycles. The second-order valence-corrected chi connectivity index (χ2v) is 7.65. The van der Waals surface area contributed by atoms with Crippen molar-refractivity contribution in [3.8, 4) is 0 Å². The topological polar surface area (TPSA) is 95.5 Å². The van der Waals surface area contributed by atoms with Crippen LogP contribution in [0, 0.1) is 0 Å². The van der Waals surface area contributed by atoms with Crippen molar-refractivity contribution in [3.63, 3.8) is 0 Å². The zero-order chi connectivity index (χ0) is 20.7. The minimum absolute atomic E-state index is 0.00783. The third kappa shape index (κ3) is 6.54. The Morgan fingerprint density at radius 3 is 2.29 bits per heavy atom. The number of carboxylic acids is 1. The number of carbonyl (C=O) groups excluding carboxylic acids is 2. The van der Waals surface area contributed by atoms with Crippen LogP contribution in [-0.4, -0.2) is 29.4 Å². The van der Waals surface area contributed by atoms with Gasteiger partial charge in [0, 0.05) is 17.7 Å². The Morgan fingerprint density at radius 2 is 1.68 bits per heavy atom. The first-order valence-electron chi connectivity index (χ1n) is 9.14. The number of rotatable bonds is 7. The average molecular weight is 382 g/mol. The van der Waals surface area contributed by atoms with E-state index in [2.05, 4.69) is 31.4 Å². The Hall–Kier alpha value is -3.15. The number of aryl methyl sites for hydroxylation is 1. The van der Waals surface area contributed by atoms with E-state index in [0.29, 0.717) is 17.7 Å². The largest absolute Gasteiger partial charge is 0.481 e. The van der Waals surface area contributed by atoms with Crippen LogP contribution in [0.4, 0.5) is 5.69 Å². The van der Waals surface area contributed by atoms with E-state index in [9.17, 15) is 14.4 Å². The fraction of sp³-hybridized carbons (Fsp3) is 0.318. The maximum Gasteiger partial charge on any atom is 0.303 e. The normalized spacial score (nSPS) is 11.0. The summed E-state index contributed by atoms with van der Waals surface area (Å²) in [6, 6.07) is 14.3. The molecule has 0 bridgehead atoms. The van der Waals surface area contributed by atoms with Crippen LogP contribution in [0.2, 0.25) is 0 Å². The smallest absolute Gasteiger partial charge is 0.303 e. The molecule has 0 aliphatic rings. The van der Waals surface area contributed by atoms with E-state index in [1.807, 2.05) is 18.2 Å². The van der Waals surface area contributed by atoms with Crippen LogP contribution in [0.15, 0.2) is 48.5 Å². The van der Waals surface area contributed by atoms with E-state index in [1.54, 1.807) is 30.3 Å². The van der Waals surface area contributed by atoms with Gasteiger partial charge in [-0.05, 0) is 47.2 Å². The molecule has 3 N–H and O–H groups in total. The first-order chi connectivity index (χ1) is 13.1. The fourth-order valence-corrected chi connectivity index (χ4v) is 2.65. The molecule has 6 nitrogen and oxygen atoms in total. The highest BCUT2D eigenvalue weighted by molar-refractivity contribution is 5.99. The van der Waals surface area contributed by atoms with Crippen LogP contribution in [0.3, 0.4) is 0 Å². The molecule has 0 aliphatic heterocycles. The highest BCUT2D eigenvalue weighted by Crippen LogP contribution is 2.22.